The highest BCUT2D eigenvalue weighted by molar-refractivity contribution is 9.10. The lowest BCUT2D eigenvalue weighted by Crippen LogP contribution is -2.43. The van der Waals surface area contributed by atoms with Gasteiger partial charge in [0.1, 0.15) is 11.9 Å². The number of rotatable bonds is 4. The summed E-state index contributed by atoms with van der Waals surface area (Å²) in [5.74, 6) is -0.890. The zero-order chi connectivity index (χ0) is 21.2. The van der Waals surface area contributed by atoms with Crippen molar-refractivity contribution >= 4 is 21.7 Å². The average Bonchev–Trinajstić information content (AvgIpc) is 2.67. The highest BCUT2D eigenvalue weighted by Gasteiger charge is 2.26. The third-order valence-corrected chi connectivity index (χ3v) is 5.48. The number of anilines is 1. The fourth-order valence-electron chi connectivity index (χ4n) is 3.33. The number of hydrogen-bond donors (Lipinski definition) is 1. The Morgan fingerprint density at radius 2 is 1.97 bits per heavy atom. The van der Waals surface area contributed by atoms with Crippen LogP contribution in [0, 0.1) is 34.9 Å². The zero-order valence-corrected chi connectivity index (χ0v) is 18.4. The monoisotopic (exact) mass is 461 g/mol. The summed E-state index contributed by atoms with van der Waals surface area (Å²) >= 11 is 3.33. The Balaban J connectivity index is 1.80. The molecule has 1 fully saturated rings. The van der Waals surface area contributed by atoms with Gasteiger partial charge in [-0.25, -0.2) is 13.8 Å². The molecule has 1 aromatic carbocycles. The summed E-state index contributed by atoms with van der Waals surface area (Å²) in [5.41, 5.74) is 0.647. The summed E-state index contributed by atoms with van der Waals surface area (Å²) in [6.07, 6.45) is 3.30. The minimum atomic E-state index is -0.670. The first-order chi connectivity index (χ1) is 13.7. The Morgan fingerprint density at radius 3 is 2.55 bits per heavy atom. The van der Waals surface area contributed by atoms with Gasteiger partial charge < -0.3 is 10.2 Å². The Labute approximate surface area is 179 Å². The fraction of sp³-hybridized carbons (Fsp3) is 0.409. The highest BCUT2D eigenvalue weighted by Crippen LogP contribution is 2.36. The summed E-state index contributed by atoms with van der Waals surface area (Å²) in [5, 5.41) is 12.4. The van der Waals surface area contributed by atoms with E-state index in [1.807, 2.05) is 4.90 Å². The van der Waals surface area contributed by atoms with Gasteiger partial charge in [0.25, 0.3) is 0 Å². The van der Waals surface area contributed by atoms with Crippen LogP contribution in [0.5, 0.6) is 0 Å². The van der Waals surface area contributed by atoms with Gasteiger partial charge in [-0.05, 0) is 51.9 Å². The molecule has 1 N–H and O–H groups in total. The molecule has 3 rings (SSSR count). The van der Waals surface area contributed by atoms with Gasteiger partial charge in [-0.15, -0.1) is 0 Å². The molecule has 1 aliphatic heterocycles. The average molecular weight is 462 g/mol. The van der Waals surface area contributed by atoms with Gasteiger partial charge >= 0.3 is 0 Å². The molecule has 4 nitrogen and oxygen atoms in total. The molecule has 0 saturated carbocycles. The molecule has 1 saturated heterocycles. The van der Waals surface area contributed by atoms with E-state index in [-0.39, 0.29) is 22.4 Å². The Hall–Kier alpha value is -2.04. The smallest absolute Gasteiger partial charge is 0.174 e. The van der Waals surface area contributed by atoms with Crippen molar-refractivity contribution < 1.29 is 8.78 Å². The number of benzene rings is 1. The lowest BCUT2D eigenvalue weighted by molar-refractivity contribution is 0.375. The van der Waals surface area contributed by atoms with Crippen LogP contribution < -0.4 is 10.2 Å². The van der Waals surface area contributed by atoms with Crippen LogP contribution in [-0.2, 0) is 0 Å². The van der Waals surface area contributed by atoms with Crippen molar-refractivity contribution in [3.05, 3.63) is 52.6 Å². The second-order valence-electron chi connectivity index (χ2n) is 8.36. The van der Waals surface area contributed by atoms with Crippen LogP contribution in [0.15, 0.2) is 28.9 Å². The minimum Gasteiger partial charge on any atom is -0.354 e. The van der Waals surface area contributed by atoms with Crippen molar-refractivity contribution in [1.29, 1.82) is 5.26 Å². The van der Waals surface area contributed by atoms with Crippen molar-refractivity contribution in [2.45, 2.75) is 39.7 Å². The Bertz CT molecular complexity index is 926. The molecule has 7 heteroatoms. The topological polar surface area (TPSA) is 52.0 Å². The molecule has 2 aromatic rings. The van der Waals surface area contributed by atoms with E-state index in [2.05, 4.69) is 53.5 Å². The summed E-state index contributed by atoms with van der Waals surface area (Å²) in [7, 11) is 0. The van der Waals surface area contributed by atoms with E-state index in [9.17, 15) is 4.39 Å². The van der Waals surface area contributed by atoms with Crippen LogP contribution in [0.3, 0.4) is 0 Å². The number of hydrogen-bond acceptors (Lipinski definition) is 4. The van der Waals surface area contributed by atoms with Crippen molar-refractivity contribution in [2.75, 3.05) is 18.0 Å². The van der Waals surface area contributed by atoms with Crippen LogP contribution in [0.1, 0.15) is 39.2 Å². The molecular formula is C22H24BrF2N4. The summed E-state index contributed by atoms with van der Waals surface area (Å²) in [4.78, 5) is 6.21. The first-order valence-electron chi connectivity index (χ1n) is 9.59. The maximum absolute atomic E-state index is 15.4. The molecule has 1 radical (unpaired) electrons. The Morgan fingerprint density at radius 1 is 1.28 bits per heavy atom. The molecular weight excluding hydrogens is 438 g/mol. The van der Waals surface area contributed by atoms with Crippen molar-refractivity contribution in [3.8, 4) is 17.2 Å². The maximum Gasteiger partial charge on any atom is 0.174 e. The lowest BCUT2D eigenvalue weighted by Gasteiger charge is -2.34. The molecule has 29 heavy (non-hydrogen) atoms. The minimum absolute atomic E-state index is 0.0683. The second-order valence-corrected chi connectivity index (χ2v) is 9.22. The third kappa shape index (κ3) is 5.12. The molecule has 0 spiro atoms. The predicted octanol–water partition coefficient (Wildman–Crippen LogP) is 5.43. The molecule has 2 heterocycles. The molecule has 0 aliphatic carbocycles. The van der Waals surface area contributed by atoms with Gasteiger partial charge in [0.15, 0.2) is 11.6 Å². The first kappa shape index (κ1) is 21.7. The lowest BCUT2D eigenvalue weighted by atomic mass is 9.95. The van der Waals surface area contributed by atoms with Gasteiger partial charge in [-0.3, -0.25) is 0 Å². The summed E-state index contributed by atoms with van der Waals surface area (Å²) in [6, 6.07) is 6.23. The summed E-state index contributed by atoms with van der Waals surface area (Å²) in [6.45, 7) is 9.91. The SMILES string of the molecule is CC(C)(C)[CH]NC1CCN(c2ncc(Br)c(-c3ccc(C#N)c(F)c3)c2F)CC1. The molecule has 0 unspecified atom stereocenters. The van der Waals surface area contributed by atoms with E-state index in [4.69, 9.17) is 5.26 Å². The molecule has 153 valence electrons. The van der Waals surface area contributed by atoms with Crippen LogP contribution >= 0.6 is 15.9 Å². The number of pyridine rings is 1. The van der Waals surface area contributed by atoms with Gasteiger partial charge in [-0.2, -0.15) is 5.26 Å². The van der Waals surface area contributed by atoms with Gasteiger partial charge in [-0.1, -0.05) is 26.8 Å². The Kier molecular flexibility index (Phi) is 6.55. The second kappa shape index (κ2) is 8.76. The molecule has 0 atom stereocenters. The largest absolute Gasteiger partial charge is 0.354 e. The molecule has 1 aliphatic rings. The van der Waals surface area contributed by atoms with Crippen molar-refractivity contribution in [3.63, 3.8) is 0 Å². The van der Waals surface area contributed by atoms with E-state index in [1.165, 1.54) is 12.1 Å². The number of nitrogens with one attached hydrogen (secondary N) is 1. The van der Waals surface area contributed by atoms with Crippen LogP contribution in [0.25, 0.3) is 11.1 Å². The highest BCUT2D eigenvalue weighted by atomic mass is 79.9. The van der Waals surface area contributed by atoms with Gasteiger partial charge in [0, 0.05) is 41.9 Å². The standard InChI is InChI=1S/C22H24BrF2N4/c1-22(2,3)13-28-16-6-8-29(9-7-16)21-20(25)19(17(23)12-27-21)14-4-5-15(11-26)18(24)10-14/h4-5,10,12-13,16,28H,6-9H2,1-3H3. The fourth-order valence-corrected chi connectivity index (χ4v) is 3.83. The first-order valence-corrected chi connectivity index (χ1v) is 10.4. The van der Waals surface area contributed by atoms with Crippen LogP contribution in [0.4, 0.5) is 14.6 Å². The number of aromatic nitrogens is 1. The normalized spacial score (nSPS) is 15.4. The van der Waals surface area contributed by atoms with E-state index >= 15 is 4.39 Å². The molecule has 0 amide bonds. The van der Waals surface area contributed by atoms with E-state index in [1.54, 1.807) is 18.3 Å². The van der Waals surface area contributed by atoms with Gasteiger partial charge in [0.2, 0.25) is 0 Å². The van der Waals surface area contributed by atoms with E-state index in [0.717, 1.165) is 12.8 Å². The third-order valence-electron chi connectivity index (χ3n) is 4.88. The number of nitriles is 1. The van der Waals surface area contributed by atoms with E-state index in [0.29, 0.717) is 29.2 Å². The van der Waals surface area contributed by atoms with Crippen LogP contribution in [-0.4, -0.2) is 24.1 Å². The summed E-state index contributed by atoms with van der Waals surface area (Å²) < 4.78 is 29.9. The van der Waals surface area contributed by atoms with E-state index < -0.39 is 11.6 Å². The quantitative estimate of drug-likeness (QED) is 0.659. The van der Waals surface area contributed by atoms with Gasteiger partial charge in [0.05, 0.1) is 5.56 Å². The number of nitrogens with zero attached hydrogens (tertiary/aromatic N) is 3. The molecule has 0 bridgehead atoms. The number of piperidine rings is 1. The van der Waals surface area contributed by atoms with Crippen molar-refractivity contribution in [2.24, 2.45) is 5.41 Å². The zero-order valence-electron chi connectivity index (χ0n) is 16.8. The number of halogens is 3. The van der Waals surface area contributed by atoms with Crippen LogP contribution in [0.2, 0.25) is 0 Å². The van der Waals surface area contributed by atoms with Crippen molar-refractivity contribution in [1.82, 2.24) is 10.3 Å². The molecule has 1 aromatic heterocycles. The maximum atomic E-state index is 15.4. The predicted molar refractivity (Wildman–Crippen MR) is 114 cm³/mol.